The first-order valence-electron chi connectivity index (χ1n) is 6.88. The molecular weight excluding hydrogens is 230 g/mol. The van der Waals surface area contributed by atoms with Crippen molar-refractivity contribution in [1.82, 2.24) is 10.6 Å². The fraction of sp³-hybridized carbons (Fsp3) is 0.846. The van der Waals surface area contributed by atoms with Crippen LogP contribution in [0.3, 0.4) is 0 Å². The van der Waals surface area contributed by atoms with Gasteiger partial charge < -0.3 is 16.4 Å². The van der Waals surface area contributed by atoms with Gasteiger partial charge in [-0.3, -0.25) is 9.59 Å². The lowest BCUT2D eigenvalue weighted by atomic mass is 9.80. The molecule has 0 saturated heterocycles. The summed E-state index contributed by atoms with van der Waals surface area (Å²) in [5.74, 6) is -0.163. The molecule has 5 heteroatoms. The predicted molar refractivity (Wildman–Crippen MR) is 70.9 cm³/mol. The Bertz CT molecular complexity index is 286. The van der Waals surface area contributed by atoms with Gasteiger partial charge in [-0.25, -0.2) is 0 Å². The smallest absolute Gasteiger partial charge is 0.245 e. The molecule has 1 fully saturated rings. The van der Waals surface area contributed by atoms with Crippen molar-refractivity contribution in [3.8, 4) is 0 Å². The highest BCUT2D eigenvalue weighted by molar-refractivity contribution is 5.91. The quantitative estimate of drug-likeness (QED) is 0.610. The average Bonchev–Trinajstić information content (AvgIpc) is 2.34. The zero-order chi connectivity index (χ0) is 13.4. The molecule has 0 aliphatic heterocycles. The van der Waals surface area contributed by atoms with Crippen LogP contribution < -0.4 is 16.4 Å². The molecule has 0 heterocycles. The molecule has 1 saturated carbocycles. The van der Waals surface area contributed by atoms with Gasteiger partial charge in [-0.1, -0.05) is 19.3 Å². The van der Waals surface area contributed by atoms with E-state index in [0.29, 0.717) is 13.1 Å². The lowest BCUT2D eigenvalue weighted by Crippen LogP contribution is -2.59. The third-order valence-electron chi connectivity index (χ3n) is 3.47. The summed E-state index contributed by atoms with van der Waals surface area (Å²) in [6.07, 6.45) is 6.42. The Labute approximate surface area is 109 Å². The van der Waals surface area contributed by atoms with Crippen LogP contribution in [0.5, 0.6) is 0 Å². The van der Waals surface area contributed by atoms with Crippen molar-refractivity contribution in [1.29, 1.82) is 0 Å². The van der Waals surface area contributed by atoms with Gasteiger partial charge in [0.25, 0.3) is 0 Å². The summed E-state index contributed by atoms with van der Waals surface area (Å²) in [6, 6.07) is 0. The van der Waals surface area contributed by atoms with Gasteiger partial charge >= 0.3 is 0 Å². The largest absolute Gasteiger partial charge is 0.354 e. The highest BCUT2D eigenvalue weighted by Gasteiger charge is 2.39. The molecule has 18 heavy (non-hydrogen) atoms. The minimum atomic E-state index is -0.674. The average molecular weight is 255 g/mol. The first-order valence-corrected chi connectivity index (χ1v) is 6.88. The van der Waals surface area contributed by atoms with E-state index in [-0.39, 0.29) is 11.8 Å². The maximum absolute atomic E-state index is 12.3. The van der Waals surface area contributed by atoms with Crippen molar-refractivity contribution in [2.45, 2.75) is 57.4 Å². The first-order chi connectivity index (χ1) is 8.60. The molecule has 0 radical (unpaired) electrons. The lowest BCUT2D eigenvalue weighted by Gasteiger charge is -2.36. The van der Waals surface area contributed by atoms with Gasteiger partial charge in [0, 0.05) is 13.5 Å². The second-order valence-electron chi connectivity index (χ2n) is 5.08. The highest BCUT2D eigenvalue weighted by Crippen LogP contribution is 2.28. The summed E-state index contributed by atoms with van der Waals surface area (Å²) in [6.45, 7) is 2.75. The van der Waals surface area contributed by atoms with Crippen LogP contribution in [0.2, 0.25) is 0 Å². The second-order valence-corrected chi connectivity index (χ2v) is 5.08. The monoisotopic (exact) mass is 255 g/mol. The Morgan fingerprint density at radius 3 is 2.39 bits per heavy atom. The molecule has 0 aromatic rings. The van der Waals surface area contributed by atoms with E-state index in [9.17, 15) is 9.59 Å². The second kappa shape index (κ2) is 7.36. The van der Waals surface area contributed by atoms with E-state index in [1.54, 1.807) is 0 Å². The van der Waals surface area contributed by atoms with Crippen LogP contribution in [-0.4, -0.2) is 30.4 Å². The number of amides is 2. The number of unbranched alkanes of at least 4 members (excludes halogenated alkanes) is 1. The topological polar surface area (TPSA) is 84.2 Å². The standard InChI is InChI=1S/C13H25N3O2/c1-11(17)16-13(7-3-2-4-8-13)12(18)15-10-6-5-9-14/h2-10,14H2,1H3,(H,15,18)(H,16,17). The highest BCUT2D eigenvalue weighted by atomic mass is 16.2. The van der Waals surface area contributed by atoms with Gasteiger partial charge in [0.1, 0.15) is 5.54 Å². The summed E-state index contributed by atoms with van der Waals surface area (Å²) in [5.41, 5.74) is 4.74. The van der Waals surface area contributed by atoms with Gasteiger partial charge in [0.15, 0.2) is 0 Å². The van der Waals surface area contributed by atoms with E-state index in [4.69, 9.17) is 5.73 Å². The zero-order valence-electron chi connectivity index (χ0n) is 11.3. The number of hydrogen-bond acceptors (Lipinski definition) is 3. The third-order valence-corrected chi connectivity index (χ3v) is 3.47. The summed E-state index contributed by atoms with van der Waals surface area (Å²) >= 11 is 0. The SMILES string of the molecule is CC(=O)NC1(C(=O)NCCCCN)CCCCC1. The number of nitrogens with one attached hydrogen (secondary N) is 2. The molecule has 1 rings (SSSR count). The number of hydrogen-bond donors (Lipinski definition) is 3. The molecule has 104 valence electrons. The molecule has 0 aromatic carbocycles. The molecule has 0 atom stereocenters. The van der Waals surface area contributed by atoms with Crippen LogP contribution in [0.25, 0.3) is 0 Å². The Morgan fingerprint density at radius 2 is 1.83 bits per heavy atom. The lowest BCUT2D eigenvalue weighted by molar-refractivity contribution is -0.134. The third kappa shape index (κ3) is 4.29. The molecule has 0 spiro atoms. The maximum atomic E-state index is 12.3. The number of carbonyl (C=O) groups is 2. The van der Waals surface area contributed by atoms with E-state index in [0.717, 1.165) is 44.9 Å². The van der Waals surface area contributed by atoms with Crippen LogP contribution in [0, 0.1) is 0 Å². The molecule has 1 aliphatic rings. The molecular formula is C13H25N3O2. The summed E-state index contributed by atoms with van der Waals surface area (Å²) < 4.78 is 0. The van der Waals surface area contributed by atoms with Crippen molar-refractivity contribution in [2.24, 2.45) is 5.73 Å². The van der Waals surface area contributed by atoms with E-state index >= 15 is 0 Å². The van der Waals surface area contributed by atoms with Crippen LogP contribution in [0.4, 0.5) is 0 Å². The number of rotatable bonds is 6. The Balaban J connectivity index is 2.53. The number of carbonyl (C=O) groups excluding carboxylic acids is 2. The van der Waals surface area contributed by atoms with Gasteiger partial charge in [0.2, 0.25) is 11.8 Å². The van der Waals surface area contributed by atoms with Gasteiger partial charge in [0.05, 0.1) is 0 Å². The van der Waals surface area contributed by atoms with Gasteiger partial charge in [-0.05, 0) is 32.2 Å². The minimum Gasteiger partial charge on any atom is -0.354 e. The van der Waals surface area contributed by atoms with Crippen molar-refractivity contribution >= 4 is 11.8 Å². The van der Waals surface area contributed by atoms with E-state index < -0.39 is 5.54 Å². The molecule has 0 unspecified atom stereocenters. The predicted octanol–water partition coefficient (Wildman–Crippen LogP) is 0.680. The van der Waals surface area contributed by atoms with Crippen LogP contribution >= 0.6 is 0 Å². The summed E-state index contributed by atoms with van der Waals surface area (Å²) in [4.78, 5) is 23.6. The fourth-order valence-corrected chi connectivity index (χ4v) is 2.54. The van der Waals surface area contributed by atoms with Crippen molar-refractivity contribution in [3.63, 3.8) is 0 Å². The maximum Gasteiger partial charge on any atom is 0.245 e. The minimum absolute atomic E-state index is 0.0329. The zero-order valence-corrected chi connectivity index (χ0v) is 11.3. The van der Waals surface area contributed by atoms with Crippen LogP contribution in [0.1, 0.15) is 51.9 Å². The molecule has 0 aromatic heterocycles. The van der Waals surface area contributed by atoms with Gasteiger partial charge in [-0.15, -0.1) is 0 Å². The van der Waals surface area contributed by atoms with Gasteiger partial charge in [-0.2, -0.15) is 0 Å². The van der Waals surface area contributed by atoms with E-state index in [2.05, 4.69) is 10.6 Å². The van der Waals surface area contributed by atoms with Crippen LogP contribution in [0.15, 0.2) is 0 Å². The summed E-state index contributed by atoms with van der Waals surface area (Å²) in [7, 11) is 0. The molecule has 2 amide bonds. The molecule has 5 nitrogen and oxygen atoms in total. The Kier molecular flexibility index (Phi) is 6.12. The molecule has 0 bridgehead atoms. The van der Waals surface area contributed by atoms with E-state index in [1.165, 1.54) is 6.92 Å². The Morgan fingerprint density at radius 1 is 1.17 bits per heavy atom. The first kappa shape index (κ1) is 15.0. The normalized spacial score (nSPS) is 18.1. The van der Waals surface area contributed by atoms with E-state index in [1.807, 2.05) is 0 Å². The number of nitrogens with two attached hydrogens (primary N) is 1. The molecule has 4 N–H and O–H groups in total. The Hall–Kier alpha value is -1.10. The summed E-state index contributed by atoms with van der Waals surface area (Å²) in [5, 5.41) is 5.78. The van der Waals surface area contributed by atoms with Crippen molar-refractivity contribution in [2.75, 3.05) is 13.1 Å². The van der Waals surface area contributed by atoms with Crippen molar-refractivity contribution < 1.29 is 9.59 Å². The van der Waals surface area contributed by atoms with Crippen LogP contribution in [-0.2, 0) is 9.59 Å². The van der Waals surface area contributed by atoms with Crippen molar-refractivity contribution in [3.05, 3.63) is 0 Å². The molecule has 1 aliphatic carbocycles. The fourth-order valence-electron chi connectivity index (χ4n) is 2.54.